The molecule has 3 rings (SSSR count). The number of amides is 1. The molecule has 1 atom stereocenters. The van der Waals surface area contributed by atoms with Crippen LogP contribution in [0.3, 0.4) is 0 Å². The topological polar surface area (TPSA) is 41.6 Å². The van der Waals surface area contributed by atoms with Crippen molar-refractivity contribution in [3.63, 3.8) is 0 Å². The monoisotopic (exact) mass is 340 g/mol. The van der Waals surface area contributed by atoms with Gasteiger partial charge in [-0.2, -0.15) is 0 Å². The minimum absolute atomic E-state index is 0.0974. The summed E-state index contributed by atoms with van der Waals surface area (Å²) in [5, 5.41) is 5.21. The lowest BCUT2D eigenvalue weighted by molar-refractivity contribution is -0.136. The zero-order valence-electron chi connectivity index (χ0n) is 13.6. The Labute approximate surface area is 146 Å². The van der Waals surface area contributed by atoms with Crippen molar-refractivity contribution >= 4 is 22.9 Å². The molecule has 0 bridgehead atoms. The van der Waals surface area contributed by atoms with E-state index in [4.69, 9.17) is 4.74 Å². The summed E-state index contributed by atoms with van der Waals surface area (Å²) in [7, 11) is 0. The number of carbonyl (C=O) groups is 1. The molecule has 5 heteroatoms. The molecule has 0 radical (unpaired) electrons. The van der Waals surface area contributed by atoms with Gasteiger partial charge in [0, 0.05) is 24.3 Å². The van der Waals surface area contributed by atoms with Gasteiger partial charge in [0.25, 0.3) is 0 Å². The lowest BCUT2D eigenvalue weighted by Crippen LogP contribution is -2.46. The maximum absolute atomic E-state index is 12.3. The van der Waals surface area contributed by atoms with E-state index < -0.39 is 0 Å². The summed E-state index contributed by atoms with van der Waals surface area (Å²) < 4.78 is 5.47. The van der Waals surface area contributed by atoms with Gasteiger partial charge >= 0.3 is 0 Å². The number of thiophene rings is 1. The van der Waals surface area contributed by atoms with Crippen molar-refractivity contribution in [2.75, 3.05) is 31.6 Å². The molecule has 0 aliphatic carbocycles. The number of hydrogen-bond acceptors (Lipinski definition) is 4. The van der Waals surface area contributed by atoms with Crippen LogP contribution >= 0.6 is 11.3 Å². The van der Waals surface area contributed by atoms with Gasteiger partial charge in [-0.3, -0.25) is 4.79 Å². The van der Waals surface area contributed by atoms with Gasteiger partial charge in [0.05, 0.1) is 24.1 Å². The summed E-state index contributed by atoms with van der Waals surface area (Å²) in [5.41, 5.74) is 1.84. The molecule has 1 aliphatic rings. The van der Waals surface area contributed by atoms with Crippen LogP contribution in [0.1, 0.15) is 17.4 Å². The molecule has 1 aromatic heterocycles. The maximum Gasteiger partial charge on any atom is 0.242 e. The van der Waals surface area contributed by atoms with E-state index >= 15 is 0 Å². The number of carbonyl (C=O) groups excluding carboxylic acids is 1. The smallest absolute Gasteiger partial charge is 0.242 e. The molecule has 1 amide bonds. The van der Waals surface area contributed by atoms with Gasteiger partial charge in [0.1, 0.15) is 0 Å². The lowest BCUT2D eigenvalue weighted by Gasteiger charge is -2.31. The van der Waals surface area contributed by atoms with Crippen LogP contribution in [0.4, 0.5) is 5.69 Å². The van der Waals surface area contributed by atoms with Crippen LogP contribution in [-0.2, 0) is 9.53 Å². The third-order valence-corrected chi connectivity index (χ3v) is 4.54. The molecule has 2 aromatic rings. The first-order valence-electron chi connectivity index (χ1n) is 7.99. The summed E-state index contributed by atoms with van der Waals surface area (Å²) in [6, 6.07) is 11.8. The number of nitrogens with zero attached hydrogens (tertiary/aromatic N) is 1. The van der Waals surface area contributed by atoms with Crippen LogP contribution in [0, 0.1) is 11.8 Å². The molecule has 1 N–H and O–H groups in total. The van der Waals surface area contributed by atoms with E-state index in [2.05, 4.69) is 17.2 Å². The second-order valence-corrected chi connectivity index (χ2v) is 6.63. The molecule has 24 heavy (non-hydrogen) atoms. The van der Waals surface area contributed by atoms with E-state index in [-0.39, 0.29) is 18.6 Å². The van der Waals surface area contributed by atoms with Gasteiger partial charge in [0.2, 0.25) is 5.91 Å². The van der Waals surface area contributed by atoms with E-state index in [1.807, 2.05) is 53.6 Å². The minimum Gasteiger partial charge on any atom is -0.376 e. The third kappa shape index (κ3) is 4.60. The summed E-state index contributed by atoms with van der Waals surface area (Å²) in [5.74, 6) is 6.39. The Bertz CT molecular complexity index is 746. The van der Waals surface area contributed by atoms with E-state index in [0.29, 0.717) is 19.7 Å². The van der Waals surface area contributed by atoms with E-state index in [1.54, 1.807) is 11.3 Å². The highest BCUT2D eigenvalue weighted by atomic mass is 32.1. The Morgan fingerprint density at radius 2 is 2.29 bits per heavy atom. The van der Waals surface area contributed by atoms with E-state index in [1.165, 1.54) is 0 Å². The van der Waals surface area contributed by atoms with Crippen molar-refractivity contribution in [2.45, 2.75) is 13.0 Å². The summed E-state index contributed by atoms with van der Waals surface area (Å²) in [4.78, 5) is 15.2. The number of rotatable bonds is 3. The fraction of sp³-hybridized carbons (Fsp3) is 0.316. The molecule has 4 nitrogen and oxygen atoms in total. The SMILES string of the molecule is CC1CN(C(=O)CNc2cccc(C#Cc3cccs3)c2)CCO1. The van der Waals surface area contributed by atoms with Gasteiger partial charge in [0.15, 0.2) is 0 Å². The van der Waals surface area contributed by atoms with Crippen LogP contribution in [0.5, 0.6) is 0 Å². The molecule has 2 heterocycles. The van der Waals surface area contributed by atoms with Crippen LogP contribution in [-0.4, -0.2) is 43.2 Å². The first-order chi connectivity index (χ1) is 11.7. The molecule has 1 fully saturated rings. The fourth-order valence-electron chi connectivity index (χ4n) is 2.52. The summed E-state index contributed by atoms with van der Waals surface area (Å²) in [6.45, 7) is 4.21. The molecule has 1 unspecified atom stereocenters. The highest BCUT2D eigenvalue weighted by molar-refractivity contribution is 7.10. The fourth-order valence-corrected chi connectivity index (χ4v) is 3.10. The van der Waals surface area contributed by atoms with Gasteiger partial charge in [-0.15, -0.1) is 11.3 Å². The lowest BCUT2D eigenvalue weighted by atomic mass is 10.2. The standard InChI is InChI=1S/C19H20N2O2S/c1-15-14-21(9-10-23-15)19(22)13-20-17-5-2-4-16(12-17)7-8-18-6-3-11-24-18/h2-6,11-12,15,20H,9-10,13-14H2,1H3. The quantitative estimate of drug-likeness (QED) is 0.874. The van der Waals surface area contributed by atoms with Crippen molar-refractivity contribution in [1.82, 2.24) is 4.90 Å². The first kappa shape index (κ1) is 16.6. The van der Waals surface area contributed by atoms with Crippen LogP contribution < -0.4 is 5.32 Å². The second kappa shape index (κ2) is 8.00. The van der Waals surface area contributed by atoms with E-state index in [9.17, 15) is 4.79 Å². The van der Waals surface area contributed by atoms with Gasteiger partial charge in [-0.1, -0.05) is 24.0 Å². The summed E-state index contributed by atoms with van der Waals surface area (Å²) >= 11 is 1.63. The molecule has 1 saturated heterocycles. The third-order valence-electron chi connectivity index (χ3n) is 3.75. The van der Waals surface area contributed by atoms with Gasteiger partial charge < -0.3 is 15.0 Å². The highest BCUT2D eigenvalue weighted by Crippen LogP contribution is 2.12. The molecule has 0 spiro atoms. The van der Waals surface area contributed by atoms with Crippen molar-refractivity contribution in [3.05, 3.63) is 52.2 Å². The molecule has 124 valence electrons. The number of ether oxygens (including phenoxy) is 1. The zero-order chi connectivity index (χ0) is 16.8. The van der Waals surface area contributed by atoms with Crippen LogP contribution in [0.15, 0.2) is 41.8 Å². The van der Waals surface area contributed by atoms with Gasteiger partial charge in [-0.05, 0) is 36.6 Å². The number of benzene rings is 1. The first-order valence-corrected chi connectivity index (χ1v) is 8.87. The Balaban J connectivity index is 1.57. The van der Waals surface area contributed by atoms with Crippen molar-refractivity contribution in [3.8, 4) is 11.8 Å². The van der Waals surface area contributed by atoms with Crippen molar-refractivity contribution in [2.24, 2.45) is 0 Å². The normalized spacial score (nSPS) is 17.0. The average Bonchev–Trinajstić information content (AvgIpc) is 3.12. The largest absolute Gasteiger partial charge is 0.376 e. The number of hydrogen-bond donors (Lipinski definition) is 1. The highest BCUT2D eigenvalue weighted by Gasteiger charge is 2.20. The Hall–Kier alpha value is -2.29. The molecule has 1 aliphatic heterocycles. The average molecular weight is 340 g/mol. The van der Waals surface area contributed by atoms with Crippen molar-refractivity contribution in [1.29, 1.82) is 0 Å². The minimum atomic E-state index is 0.0974. The van der Waals surface area contributed by atoms with Gasteiger partial charge in [-0.25, -0.2) is 0 Å². The summed E-state index contributed by atoms with van der Waals surface area (Å²) in [6.07, 6.45) is 0.110. The predicted octanol–water partition coefficient (Wildman–Crippen LogP) is 2.81. The Kier molecular flexibility index (Phi) is 5.52. The predicted molar refractivity (Wildman–Crippen MR) is 97.2 cm³/mol. The van der Waals surface area contributed by atoms with Crippen molar-refractivity contribution < 1.29 is 9.53 Å². The zero-order valence-corrected chi connectivity index (χ0v) is 14.4. The number of anilines is 1. The van der Waals surface area contributed by atoms with E-state index in [0.717, 1.165) is 16.1 Å². The Morgan fingerprint density at radius 3 is 3.08 bits per heavy atom. The van der Waals surface area contributed by atoms with Crippen LogP contribution in [0.2, 0.25) is 0 Å². The second-order valence-electron chi connectivity index (χ2n) is 5.68. The maximum atomic E-state index is 12.3. The molecule has 0 saturated carbocycles. The van der Waals surface area contributed by atoms with Crippen LogP contribution in [0.25, 0.3) is 0 Å². The number of morpholine rings is 1. The molecular formula is C19H20N2O2S. The molecule has 1 aromatic carbocycles. The molecular weight excluding hydrogens is 320 g/mol. The number of nitrogens with one attached hydrogen (secondary N) is 1. The Morgan fingerprint density at radius 1 is 1.38 bits per heavy atom.